The fourth-order valence-corrected chi connectivity index (χ4v) is 2.54. The largest absolute Gasteiger partial charge is 0.495 e. The second kappa shape index (κ2) is 7.46. The van der Waals surface area contributed by atoms with Crippen molar-refractivity contribution in [3.8, 4) is 5.75 Å². The number of carbonyl (C=O) groups is 2. The first-order valence-electron chi connectivity index (χ1n) is 5.33. The van der Waals surface area contributed by atoms with Crippen LogP contribution in [0.5, 0.6) is 5.75 Å². The van der Waals surface area contributed by atoms with Crippen molar-refractivity contribution in [2.75, 3.05) is 19.0 Å². The number of hydrogen-bond acceptors (Lipinski definition) is 4. The van der Waals surface area contributed by atoms with Gasteiger partial charge in [-0.25, -0.2) is 9.59 Å². The molecule has 0 aliphatic heterocycles. The minimum atomic E-state index is -1.37. The van der Waals surface area contributed by atoms with E-state index in [0.717, 1.165) is 0 Å². The number of aliphatic hydroxyl groups is 1. The Morgan fingerprint density at radius 1 is 1.35 bits per heavy atom. The van der Waals surface area contributed by atoms with Crippen LogP contribution in [0.3, 0.4) is 0 Å². The molecule has 0 saturated heterocycles. The molecule has 0 spiro atoms. The highest BCUT2D eigenvalue weighted by molar-refractivity contribution is 9.11. The molecule has 0 radical (unpaired) electrons. The number of carboxylic acid groups (broad SMARTS) is 1. The molecular formula is C11H12Br2N2O5. The molecule has 1 aromatic carbocycles. The monoisotopic (exact) mass is 410 g/mol. The van der Waals surface area contributed by atoms with Crippen LogP contribution in [0.15, 0.2) is 21.1 Å². The lowest BCUT2D eigenvalue weighted by molar-refractivity contribution is -0.140. The molecule has 0 fully saturated rings. The molecule has 0 aliphatic carbocycles. The summed E-state index contributed by atoms with van der Waals surface area (Å²) in [7, 11) is 1.48. The Balaban J connectivity index is 2.83. The van der Waals surface area contributed by atoms with Gasteiger partial charge in [0, 0.05) is 10.5 Å². The summed E-state index contributed by atoms with van der Waals surface area (Å²) in [6.45, 7) is -0.701. The number of urea groups is 1. The number of carbonyl (C=O) groups excluding carboxylic acids is 1. The van der Waals surface area contributed by atoms with E-state index >= 15 is 0 Å². The molecule has 0 unspecified atom stereocenters. The van der Waals surface area contributed by atoms with Crippen LogP contribution in [0.1, 0.15) is 0 Å². The Bertz CT molecular complexity index is 524. The lowest BCUT2D eigenvalue weighted by Crippen LogP contribution is -2.45. The summed E-state index contributed by atoms with van der Waals surface area (Å²) in [6, 6.07) is 1.11. The van der Waals surface area contributed by atoms with Crippen LogP contribution in [-0.4, -0.2) is 42.0 Å². The Hall–Kier alpha value is -1.32. The normalized spacial score (nSPS) is 11.6. The van der Waals surface area contributed by atoms with Gasteiger partial charge in [0.05, 0.1) is 23.9 Å². The van der Waals surface area contributed by atoms with Crippen molar-refractivity contribution in [3.05, 3.63) is 21.1 Å². The molecule has 7 nitrogen and oxygen atoms in total. The number of methoxy groups -OCH3 is 1. The second-order valence-electron chi connectivity index (χ2n) is 3.64. The topological polar surface area (TPSA) is 108 Å². The zero-order chi connectivity index (χ0) is 15.3. The number of halogens is 2. The summed E-state index contributed by atoms with van der Waals surface area (Å²) in [6.07, 6.45) is 0. The molecule has 0 aromatic heterocycles. The molecule has 9 heteroatoms. The third-order valence-electron chi connectivity index (χ3n) is 2.28. The van der Waals surface area contributed by atoms with Gasteiger partial charge in [-0.2, -0.15) is 0 Å². The Labute approximate surface area is 131 Å². The summed E-state index contributed by atoms with van der Waals surface area (Å²) >= 11 is 6.54. The lowest BCUT2D eigenvalue weighted by atomic mass is 10.3. The number of amides is 2. The van der Waals surface area contributed by atoms with Gasteiger partial charge in [-0.1, -0.05) is 0 Å². The first kappa shape index (κ1) is 16.7. The fourth-order valence-electron chi connectivity index (χ4n) is 1.28. The quantitative estimate of drug-likeness (QED) is 0.590. The summed E-state index contributed by atoms with van der Waals surface area (Å²) < 4.78 is 6.36. The van der Waals surface area contributed by atoms with E-state index in [4.69, 9.17) is 14.9 Å². The number of carboxylic acids is 1. The zero-order valence-electron chi connectivity index (χ0n) is 10.3. The van der Waals surface area contributed by atoms with E-state index < -0.39 is 24.6 Å². The molecule has 0 heterocycles. The first-order valence-corrected chi connectivity index (χ1v) is 6.91. The summed E-state index contributed by atoms with van der Waals surface area (Å²) in [5.74, 6) is -0.824. The summed E-state index contributed by atoms with van der Waals surface area (Å²) in [4.78, 5) is 22.3. The Kier molecular flexibility index (Phi) is 6.24. The standard InChI is InChI=1S/C11H12Br2N2O5/c1-20-9-3-7(5(12)2-6(9)13)14-11(19)15-8(4-16)10(17)18/h2-3,8,16H,4H2,1H3,(H,17,18)(H2,14,15,19)/t8-/m1/s1. The van der Waals surface area contributed by atoms with Gasteiger partial charge in [-0.15, -0.1) is 0 Å². The van der Waals surface area contributed by atoms with Gasteiger partial charge in [-0.3, -0.25) is 0 Å². The summed E-state index contributed by atoms with van der Waals surface area (Å²) in [5.41, 5.74) is 0.393. The van der Waals surface area contributed by atoms with Crippen molar-refractivity contribution in [2.45, 2.75) is 6.04 Å². The molecule has 110 valence electrons. The van der Waals surface area contributed by atoms with Gasteiger partial charge in [0.1, 0.15) is 5.75 Å². The number of hydrogen-bond donors (Lipinski definition) is 4. The molecule has 20 heavy (non-hydrogen) atoms. The first-order chi connectivity index (χ1) is 9.38. The summed E-state index contributed by atoms with van der Waals surface area (Å²) in [5, 5.41) is 22.1. The molecule has 0 bridgehead atoms. The van der Waals surface area contributed by atoms with Gasteiger partial charge < -0.3 is 25.6 Å². The molecule has 2 amide bonds. The van der Waals surface area contributed by atoms with Gasteiger partial charge in [0.25, 0.3) is 0 Å². The molecule has 1 atom stereocenters. The zero-order valence-corrected chi connectivity index (χ0v) is 13.5. The highest BCUT2D eigenvalue weighted by Crippen LogP contribution is 2.34. The van der Waals surface area contributed by atoms with Crippen molar-refractivity contribution in [3.63, 3.8) is 0 Å². The van der Waals surface area contributed by atoms with Crippen molar-refractivity contribution in [1.29, 1.82) is 0 Å². The van der Waals surface area contributed by atoms with Crippen LogP contribution in [0.2, 0.25) is 0 Å². The number of nitrogens with one attached hydrogen (secondary N) is 2. The number of aliphatic hydroxyl groups excluding tert-OH is 1. The SMILES string of the molecule is COc1cc(NC(=O)N[C@H](CO)C(=O)O)c(Br)cc1Br. The van der Waals surface area contributed by atoms with Gasteiger partial charge in [-0.05, 0) is 37.9 Å². The van der Waals surface area contributed by atoms with E-state index in [2.05, 4.69) is 42.5 Å². The van der Waals surface area contributed by atoms with Crippen LogP contribution in [0.25, 0.3) is 0 Å². The fraction of sp³-hybridized carbons (Fsp3) is 0.273. The maximum atomic E-state index is 11.7. The smallest absolute Gasteiger partial charge is 0.328 e. The number of benzene rings is 1. The minimum absolute atomic E-state index is 0.393. The molecule has 0 saturated carbocycles. The maximum absolute atomic E-state index is 11.7. The van der Waals surface area contributed by atoms with Crippen LogP contribution >= 0.6 is 31.9 Å². The van der Waals surface area contributed by atoms with Crippen LogP contribution in [-0.2, 0) is 4.79 Å². The van der Waals surface area contributed by atoms with Crippen molar-refractivity contribution in [2.24, 2.45) is 0 Å². The number of rotatable bonds is 5. The average Bonchev–Trinajstić information content (AvgIpc) is 2.38. The van der Waals surface area contributed by atoms with E-state index in [-0.39, 0.29) is 0 Å². The predicted molar refractivity (Wildman–Crippen MR) is 79.1 cm³/mol. The van der Waals surface area contributed by atoms with Gasteiger partial charge >= 0.3 is 12.0 Å². The maximum Gasteiger partial charge on any atom is 0.328 e. The molecule has 1 aromatic rings. The van der Waals surface area contributed by atoms with Crippen molar-refractivity contribution in [1.82, 2.24) is 5.32 Å². The predicted octanol–water partition coefficient (Wildman–Crippen LogP) is 1.79. The lowest BCUT2D eigenvalue weighted by Gasteiger charge is -2.14. The van der Waals surface area contributed by atoms with E-state index in [1.54, 1.807) is 12.1 Å². The Morgan fingerprint density at radius 3 is 2.50 bits per heavy atom. The Morgan fingerprint density at radius 2 is 2.00 bits per heavy atom. The van der Waals surface area contributed by atoms with E-state index in [1.165, 1.54) is 7.11 Å². The van der Waals surface area contributed by atoms with Gasteiger partial charge in [0.2, 0.25) is 0 Å². The van der Waals surface area contributed by atoms with Crippen LogP contribution in [0.4, 0.5) is 10.5 Å². The van der Waals surface area contributed by atoms with Crippen molar-refractivity contribution < 1.29 is 24.5 Å². The van der Waals surface area contributed by atoms with Crippen LogP contribution in [0, 0.1) is 0 Å². The second-order valence-corrected chi connectivity index (χ2v) is 5.35. The number of ether oxygens (including phenoxy) is 1. The van der Waals surface area contributed by atoms with E-state index in [1.807, 2.05) is 0 Å². The van der Waals surface area contributed by atoms with Gasteiger partial charge in [0.15, 0.2) is 6.04 Å². The number of anilines is 1. The number of aliphatic carboxylic acids is 1. The molecule has 4 N–H and O–H groups in total. The third kappa shape index (κ3) is 4.36. The molecule has 1 rings (SSSR count). The molecular weight excluding hydrogens is 400 g/mol. The van der Waals surface area contributed by atoms with Crippen molar-refractivity contribution >= 4 is 49.5 Å². The minimum Gasteiger partial charge on any atom is -0.495 e. The van der Waals surface area contributed by atoms with E-state index in [9.17, 15) is 9.59 Å². The van der Waals surface area contributed by atoms with Crippen LogP contribution < -0.4 is 15.4 Å². The molecule has 0 aliphatic rings. The average molecular weight is 412 g/mol. The highest BCUT2D eigenvalue weighted by atomic mass is 79.9. The highest BCUT2D eigenvalue weighted by Gasteiger charge is 2.19. The third-order valence-corrected chi connectivity index (χ3v) is 3.55. The van der Waals surface area contributed by atoms with E-state index in [0.29, 0.717) is 20.4 Å².